The van der Waals surface area contributed by atoms with Gasteiger partial charge in [0.25, 0.3) is 11.5 Å². The molecule has 3 heterocycles. The number of hydrogen-bond acceptors (Lipinski definition) is 5. The molecule has 0 aromatic carbocycles. The summed E-state index contributed by atoms with van der Waals surface area (Å²) in [5.74, 6) is 0.130. The lowest BCUT2D eigenvalue weighted by atomic mass is 9.99. The summed E-state index contributed by atoms with van der Waals surface area (Å²) in [5.41, 5.74) is 1.73. The first-order chi connectivity index (χ1) is 13.5. The van der Waals surface area contributed by atoms with Gasteiger partial charge in [0.2, 0.25) is 0 Å². The fourth-order valence-electron chi connectivity index (χ4n) is 3.67. The average molecular weight is 403 g/mol. The molecule has 1 atom stereocenters. The van der Waals surface area contributed by atoms with Crippen molar-refractivity contribution in [3.05, 3.63) is 49.3 Å². The van der Waals surface area contributed by atoms with Crippen LogP contribution < -0.4 is 16.2 Å². The molecule has 3 rings (SSSR count). The van der Waals surface area contributed by atoms with Gasteiger partial charge in [-0.2, -0.15) is 0 Å². The van der Waals surface area contributed by atoms with Crippen molar-refractivity contribution < 1.29 is 4.79 Å². The molecule has 0 radical (unpaired) electrons. The van der Waals surface area contributed by atoms with Crippen molar-refractivity contribution in [2.45, 2.75) is 59.5 Å². The lowest BCUT2D eigenvalue weighted by Crippen LogP contribution is -2.37. The van der Waals surface area contributed by atoms with Crippen molar-refractivity contribution in [1.29, 1.82) is 0 Å². The Morgan fingerprint density at radius 1 is 1.43 bits per heavy atom. The van der Waals surface area contributed by atoms with Crippen LogP contribution in [0.4, 0.5) is 0 Å². The van der Waals surface area contributed by atoms with Crippen LogP contribution in [0.3, 0.4) is 0 Å². The number of aryl methyl sites for hydroxylation is 3. The van der Waals surface area contributed by atoms with E-state index in [2.05, 4.69) is 22.5 Å². The SMILES string of the molecule is CCCc1nc(C)c(CNC(=O)c2c(C)ccn(CC3CCCNC3)c2=O)s1. The van der Waals surface area contributed by atoms with Crippen LogP contribution in [0.1, 0.15) is 57.7 Å². The maximum Gasteiger partial charge on any atom is 0.263 e. The number of nitrogens with zero attached hydrogens (tertiary/aromatic N) is 2. The van der Waals surface area contributed by atoms with Gasteiger partial charge in [0.15, 0.2) is 0 Å². The number of carbonyl (C=O) groups is 1. The second-order valence-corrected chi connectivity index (χ2v) is 8.76. The van der Waals surface area contributed by atoms with E-state index in [9.17, 15) is 9.59 Å². The highest BCUT2D eigenvalue weighted by atomic mass is 32.1. The summed E-state index contributed by atoms with van der Waals surface area (Å²) in [6.45, 7) is 8.95. The fourth-order valence-corrected chi connectivity index (χ4v) is 4.78. The smallest absolute Gasteiger partial charge is 0.263 e. The Morgan fingerprint density at radius 2 is 2.25 bits per heavy atom. The minimum Gasteiger partial charge on any atom is -0.347 e. The summed E-state index contributed by atoms with van der Waals surface area (Å²) in [6.07, 6.45) is 6.07. The van der Waals surface area contributed by atoms with Gasteiger partial charge in [-0.1, -0.05) is 6.92 Å². The Kier molecular flexibility index (Phi) is 7.02. The normalized spacial score (nSPS) is 16.9. The number of pyridine rings is 1. The minimum atomic E-state index is -0.302. The molecule has 1 aliphatic rings. The van der Waals surface area contributed by atoms with Gasteiger partial charge in [0.05, 0.1) is 17.2 Å². The van der Waals surface area contributed by atoms with E-state index >= 15 is 0 Å². The maximum absolute atomic E-state index is 12.9. The lowest BCUT2D eigenvalue weighted by Gasteiger charge is -2.23. The van der Waals surface area contributed by atoms with Gasteiger partial charge in [0, 0.05) is 17.6 Å². The molecule has 2 N–H and O–H groups in total. The van der Waals surface area contributed by atoms with E-state index in [1.54, 1.807) is 15.9 Å². The molecule has 0 saturated carbocycles. The van der Waals surface area contributed by atoms with Crippen molar-refractivity contribution in [2.75, 3.05) is 13.1 Å². The van der Waals surface area contributed by atoms with E-state index in [-0.39, 0.29) is 17.0 Å². The highest BCUT2D eigenvalue weighted by molar-refractivity contribution is 7.11. The molecule has 28 heavy (non-hydrogen) atoms. The van der Waals surface area contributed by atoms with Crippen LogP contribution in [-0.2, 0) is 19.5 Å². The van der Waals surface area contributed by atoms with Gasteiger partial charge in [-0.25, -0.2) is 4.98 Å². The van der Waals surface area contributed by atoms with Crippen molar-refractivity contribution in [3.63, 3.8) is 0 Å². The third-order valence-electron chi connectivity index (χ3n) is 5.26. The summed E-state index contributed by atoms with van der Waals surface area (Å²) >= 11 is 1.64. The lowest BCUT2D eigenvalue weighted by molar-refractivity contribution is 0.0948. The first kappa shape index (κ1) is 20.7. The molecule has 152 valence electrons. The second kappa shape index (κ2) is 9.47. The van der Waals surface area contributed by atoms with E-state index < -0.39 is 0 Å². The number of carbonyl (C=O) groups excluding carboxylic acids is 1. The summed E-state index contributed by atoms with van der Waals surface area (Å²) in [6, 6.07) is 1.86. The van der Waals surface area contributed by atoms with E-state index in [0.29, 0.717) is 24.6 Å². The standard InChI is InChI=1S/C21H30N4O2S/c1-4-6-18-24-15(3)17(28-18)12-23-20(26)19-14(2)8-10-25(21(19)27)13-16-7-5-9-22-11-16/h8,10,16,22H,4-7,9,11-13H2,1-3H3,(H,23,26). The summed E-state index contributed by atoms with van der Waals surface area (Å²) in [7, 11) is 0. The van der Waals surface area contributed by atoms with Gasteiger partial charge >= 0.3 is 0 Å². The summed E-state index contributed by atoms with van der Waals surface area (Å²) in [5, 5.41) is 7.41. The van der Waals surface area contributed by atoms with Gasteiger partial charge in [0.1, 0.15) is 5.56 Å². The van der Waals surface area contributed by atoms with Gasteiger partial charge in [-0.3, -0.25) is 9.59 Å². The highest BCUT2D eigenvalue weighted by Gasteiger charge is 2.19. The van der Waals surface area contributed by atoms with Crippen LogP contribution in [-0.4, -0.2) is 28.5 Å². The molecule has 0 spiro atoms. The maximum atomic E-state index is 12.9. The second-order valence-electron chi connectivity index (χ2n) is 7.59. The number of nitrogens with one attached hydrogen (secondary N) is 2. The third-order valence-corrected chi connectivity index (χ3v) is 6.48. The Hall–Kier alpha value is -1.99. The number of amides is 1. The molecular weight excluding hydrogens is 372 g/mol. The first-order valence-corrected chi connectivity index (χ1v) is 10.9. The predicted octanol–water partition coefficient (Wildman–Crippen LogP) is 2.80. The topological polar surface area (TPSA) is 76.0 Å². The number of hydrogen-bond donors (Lipinski definition) is 2. The Labute approximate surface area is 170 Å². The van der Waals surface area contributed by atoms with Gasteiger partial charge in [-0.05, 0) is 70.2 Å². The summed E-state index contributed by atoms with van der Waals surface area (Å²) < 4.78 is 1.69. The Bertz CT molecular complexity index is 881. The molecule has 6 nitrogen and oxygen atoms in total. The molecule has 1 aliphatic heterocycles. The van der Waals surface area contributed by atoms with E-state index in [1.165, 1.54) is 0 Å². The van der Waals surface area contributed by atoms with Gasteiger partial charge < -0.3 is 15.2 Å². The van der Waals surface area contributed by atoms with Crippen molar-refractivity contribution in [3.8, 4) is 0 Å². The monoisotopic (exact) mass is 402 g/mol. The van der Waals surface area contributed by atoms with Gasteiger partial charge in [-0.15, -0.1) is 11.3 Å². The van der Waals surface area contributed by atoms with Crippen LogP contribution >= 0.6 is 11.3 Å². The highest BCUT2D eigenvalue weighted by Crippen LogP contribution is 2.19. The number of aromatic nitrogens is 2. The zero-order valence-corrected chi connectivity index (χ0v) is 17.8. The van der Waals surface area contributed by atoms with Crippen LogP contribution in [0.15, 0.2) is 17.1 Å². The molecule has 1 amide bonds. The molecule has 1 fully saturated rings. The van der Waals surface area contributed by atoms with Crippen LogP contribution in [0.5, 0.6) is 0 Å². The van der Waals surface area contributed by atoms with Crippen LogP contribution in [0.25, 0.3) is 0 Å². The number of rotatable bonds is 7. The van der Waals surface area contributed by atoms with Crippen molar-refractivity contribution in [1.82, 2.24) is 20.2 Å². The quantitative estimate of drug-likeness (QED) is 0.747. The fraction of sp³-hybridized carbons (Fsp3) is 0.571. The molecule has 2 aromatic rings. The van der Waals surface area contributed by atoms with Crippen molar-refractivity contribution >= 4 is 17.2 Å². The average Bonchev–Trinajstić information content (AvgIpc) is 3.03. The van der Waals surface area contributed by atoms with E-state index in [1.807, 2.05) is 26.1 Å². The van der Waals surface area contributed by atoms with Crippen molar-refractivity contribution in [2.24, 2.45) is 5.92 Å². The largest absolute Gasteiger partial charge is 0.347 e. The molecule has 1 saturated heterocycles. The Balaban J connectivity index is 1.72. The molecule has 1 unspecified atom stereocenters. The third kappa shape index (κ3) is 4.89. The predicted molar refractivity (Wildman–Crippen MR) is 113 cm³/mol. The molecule has 7 heteroatoms. The summed E-state index contributed by atoms with van der Waals surface area (Å²) in [4.78, 5) is 31.4. The Morgan fingerprint density at radius 3 is 2.96 bits per heavy atom. The first-order valence-electron chi connectivity index (χ1n) is 10.1. The van der Waals surface area contributed by atoms with Crippen LogP contribution in [0, 0.1) is 19.8 Å². The molecular formula is C21H30N4O2S. The van der Waals surface area contributed by atoms with Crippen LogP contribution in [0.2, 0.25) is 0 Å². The number of piperidine rings is 1. The van der Waals surface area contributed by atoms with E-state index in [0.717, 1.165) is 54.4 Å². The zero-order valence-electron chi connectivity index (χ0n) is 17.0. The van der Waals surface area contributed by atoms with E-state index in [4.69, 9.17) is 0 Å². The molecule has 2 aromatic heterocycles. The number of thiazole rings is 1. The molecule has 0 bridgehead atoms. The zero-order chi connectivity index (χ0) is 20.1. The molecule has 0 aliphatic carbocycles. The minimum absolute atomic E-state index is 0.198.